The van der Waals surface area contributed by atoms with E-state index in [4.69, 9.17) is 16.2 Å². The van der Waals surface area contributed by atoms with Crippen molar-refractivity contribution in [3.05, 3.63) is 30.3 Å². The summed E-state index contributed by atoms with van der Waals surface area (Å²) in [5, 5.41) is 9.21. The molecule has 0 aliphatic carbocycles. The number of ether oxygens (including phenoxy) is 1. The van der Waals surface area contributed by atoms with Crippen molar-refractivity contribution in [2.24, 2.45) is 11.5 Å². The minimum absolute atomic E-state index is 0. The monoisotopic (exact) mass is 240 g/mol. The lowest BCUT2D eigenvalue weighted by atomic mass is 10.3. The molecular formula is C8H14Cl2N2O2. The van der Waals surface area contributed by atoms with Crippen LogP contribution in [-0.4, -0.2) is 17.6 Å². The van der Waals surface area contributed by atoms with Crippen molar-refractivity contribution in [1.29, 1.82) is 0 Å². The van der Waals surface area contributed by atoms with Crippen LogP contribution in [0.2, 0.25) is 0 Å². The highest BCUT2D eigenvalue weighted by atomic mass is 35.5. The summed E-state index contributed by atoms with van der Waals surface area (Å²) < 4.78 is 4.96. The standard InChI is InChI=1S/C8H12N2O2.2ClH/c9-6-8(10,11)12-7-4-2-1-3-5-7;;/h1-5,11H,6,9-10H2;2*1H. The van der Waals surface area contributed by atoms with Crippen LogP contribution in [0.5, 0.6) is 5.75 Å². The molecule has 4 nitrogen and oxygen atoms in total. The molecule has 1 aromatic carbocycles. The number of nitrogens with two attached hydrogens (primary N) is 2. The van der Waals surface area contributed by atoms with Gasteiger partial charge >= 0.3 is 0 Å². The van der Waals surface area contributed by atoms with Gasteiger partial charge in [0.25, 0.3) is 5.91 Å². The Hall–Kier alpha value is -0.520. The quantitative estimate of drug-likeness (QED) is 0.672. The molecule has 0 aliphatic rings. The van der Waals surface area contributed by atoms with Gasteiger partial charge in [-0.2, -0.15) is 0 Å². The molecule has 0 bridgehead atoms. The van der Waals surface area contributed by atoms with E-state index < -0.39 is 5.91 Å². The zero-order chi connectivity index (χ0) is 9.03. The third-order valence-electron chi connectivity index (χ3n) is 1.33. The van der Waals surface area contributed by atoms with Gasteiger partial charge in [0.15, 0.2) is 0 Å². The van der Waals surface area contributed by atoms with Crippen molar-refractivity contribution in [1.82, 2.24) is 0 Å². The summed E-state index contributed by atoms with van der Waals surface area (Å²) >= 11 is 0. The molecule has 1 aromatic rings. The van der Waals surface area contributed by atoms with Gasteiger partial charge in [0, 0.05) is 0 Å². The zero-order valence-corrected chi connectivity index (χ0v) is 9.05. The fraction of sp³-hybridized carbons (Fsp3) is 0.250. The number of aliphatic hydroxyl groups is 1. The Kier molecular flexibility index (Phi) is 7.81. The SMILES string of the molecule is Cl.Cl.NCC(N)(O)Oc1ccccc1. The first-order chi connectivity index (χ1) is 5.64. The van der Waals surface area contributed by atoms with Crippen LogP contribution in [0.3, 0.4) is 0 Å². The Labute approximate surface area is 95.1 Å². The number of benzene rings is 1. The minimum Gasteiger partial charge on any atom is -0.448 e. The van der Waals surface area contributed by atoms with E-state index >= 15 is 0 Å². The third kappa shape index (κ3) is 5.26. The highest BCUT2D eigenvalue weighted by molar-refractivity contribution is 5.85. The number of rotatable bonds is 3. The molecule has 0 aromatic heterocycles. The second-order valence-electron chi connectivity index (χ2n) is 2.46. The zero-order valence-electron chi connectivity index (χ0n) is 7.42. The maximum Gasteiger partial charge on any atom is 0.278 e. The lowest BCUT2D eigenvalue weighted by Crippen LogP contribution is -2.52. The first kappa shape index (κ1) is 15.9. The van der Waals surface area contributed by atoms with E-state index in [2.05, 4.69) is 0 Å². The molecule has 0 aliphatic heterocycles. The highest BCUT2D eigenvalue weighted by Crippen LogP contribution is 2.11. The van der Waals surface area contributed by atoms with Crippen LogP contribution in [0, 0.1) is 0 Å². The van der Waals surface area contributed by atoms with Gasteiger partial charge in [-0.3, -0.25) is 5.73 Å². The molecule has 1 unspecified atom stereocenters. The van der Waals surface area contributed by atoms with Gasteiger partial charge in [-0.1, -0.05) is 18.2 Å². The molecule has 0 heterocycles. The lowest BCUT2D eigenvalue weighted by molar-refractivity contribution is -0.123. The van der Waals surface area contributed by atoms with Gasteiger partial charge < -0.3 is 15.6 Å². The van der Waals surface area contributed by atoms with E-state index in [9.17, 15) is 5.11 Å². The molecule has 1 rings (SSSR count). The molecule has 6 heteroatoms. The second-order valence-corrected chi connectivity index (χ2v) is 2.46. The summed E-state index contributed by atoms with van der Waals surface area (Å²) in [5.41, 5.74) is 10.4. The predicted octanol–water partition coefficient (Wildman–Crippen LogP) is 0.472. The van der Waals surface area contributed by atoms with E-state index in [-0.39, 0.29) is 31.4 Å². The summed E-state index contributed by atoms with van der Waals surface area (Å²) in [4.78, 5) is 0. The first-order valence-corrected chi connectivity index (χ1v) is 3.59. The Balaban J connectivity index is 0. The molecule has 14 heavy (non-hydrogen) atoms. The maximum atomic E-state index is 9.21. The largest absolute Gasteiger partial charge is 0.448 e. The normalized spacial score (nSPS) is 13.1. The van der Waals surface area contributed by atoms with Crippen molar-refractivity contribution in [2.75, 3.05) is 6.54 Å². The van der Waals surface area contributed by atoms with Crippen LogP contribution >= 0.6 is 24.8 Å². The van der Waals surface area contributed by atoms with E-state index in [1.165, 1.54) is 0 Å². The van der Waals surface area contributed by atoms with Crippen molar-refractivity contribution in [3.8, 4) is 5.75 Å². The molecule has 0 fully saturated rings. The fourth-order valence-electron chi connectivity index (χ4n) is 0.734. The smallest absolute Gasteiger partial charge is 0.278 e. The molecule has 1 atom stereocenters. The van der Waals surface area contributed by atoms with Crippen LogP contribution in [-0.2, 0) is 0 Å². The fourth-order valence-corrected chi connectivity index (χ4v) is 0.734. The number of hydrogen-bond donors (Lipinski definition) is 3. The van der Waals surface area contributed by atoms with E-state index in [1.54, 1.807) is 24.3 Å². The molecular weight excluding hydrogens is 227 g/mol. The van der Waals surface area contributed by atoms with Gasteiger partial charge in [-0.25, -0.2) is 0 Å². The summed E-state index contributed by atoms with van der Waals surface area (Å²) in [5.74, 6) is -1.28. The third-order valence-corrected chi connectivity index (χ3v) is 1.33. The van der Waals surface area contributed by atoms with Gasteiger partial charge in [-0.15, -0.1) is 24.8 Å². The van der Waals surface area contributed by atoms with Crippen LogP contribution in [0.1, 0.15) is 0 Å². The maximum absolute atomic E-state index is 9.21. The molecule has 0 amide bonds. The summed E-state index contributed by atoms with van der Waals surface area (Å²) in [6.45, 7) is -0.151. The number of para-hydroxylation sites is 1. The van der Waals surface area contributed by atoms with Gasteiger partial charge in [0.2, 0.25) is 0 Å². The average Bonchev–Trinajstić information content (AvgIpc) is 2.06. The average molecular weight is 241 g/mol. The predicted molar refractivity (Wildman–Crippen MR) is 59.8 cm³/mol. The molecule has 82 valence electrons. The van der Waals surface area contributed by atoms with Crippen molar-refractivity contribution in [3.63, 3.8) is 0 Å². The summed E-state index contributed by atoms with van der Waals surface area (Å²) in [7, 11) is 0. The van der Waals surface area contributed by atoms with Crippen molar-refractivity contribution >= 4 is 24.8 Å². The molecule has 0 radical (unpaired) electrons. The van der Waals surface area contributed by atoms with Gasteiger partial charge in [0.1, 0.15) is 5.75 Å². The van der Waals surface area contributed by atoms with Crippen molar-refractivity contribution in [2.45, 2.75) is 5.91 Å². The van der Waals surface area contributed by atoms with Gasteiger partial charge in [-0.05, 0) is 12.1 Å². The topological polar surface area (TPSA) is 81.5 Å². The molecule has 0 saturated heterocycles. The summed E-state index contributed by atoms with van der Waals surface area (Å²) in [6.07, 6.45) is 0. The van der Waals surface area contributed by atoms with E-state index in [0.29, 0.717) is 5.75 Å². The Bertz CT molecular complexity index is 244. The molecule has 0 spiro atoms. The molecule has 0 saturated carbocycles. The Morgan fingerprint density at radius 2 is 1.71 bits per heavy atom. The van der Waals surface area contributed by atoms with Crippen LogP contribution in [0.15, 0.2) is 30.3 Å². The van der Waals surface area contributed by atoms with Crippen LogP contribution in [0.25, 0.3) is 0 Å². The van der Waals surface area contributed by atoms with Gasteiger partial charge in [0.05, 0.1) is 6.54 Å². The second kappa shape index (κ2) is 6.86. The van der Waals surface area contributed by atoms with Crippen molar-refractivity contribution < 1.29 is 9.84 Å². The Morgan fingerprint density at radius 3 is 2.14 bits per heavy atom. The minimum atomic E-state index is -1.78. The van der Waals surface area contributed by atoms with Crippen LogP contribution in [0.4, 0.5) is 0 Å². The first-order valence-electron chi connectivity index (χ1n) is 3.59. The number of halogens is 2. The van der Waals surface area contributed by atoms with E-state index in [1.807, 2.05) is 6.07 Å². The lowest BCUT2D eigenvalue weighted by Gasteiger charge is -2.21. The highest BCUT2D eigenvalue weighted by Gasteiger charge is 2.20. The summed E-state index contributed by atoms with van der Waals surface area (Å²) in [6, 6.07) is 8.77. The Morgan fingerprint density at radius 1 is 1.21 bits per heavy atom. The van der Waals surface area contributed by atoms with Crippen LogP contribution < -0.4 is 16.2 Å². The van der Waals surface area contributed by atoms with E-state index in [0.717, 1.165) is 0 Å². The molecule has 5 N–H and O–H groups in total. The number of hydrogen-bond acceptors (Lipinski definition) is 4.